The third kappa shape index (κ3) is 6.23. The first-order chi connectivity index (χ1) is 15.2. The molecule has 1 aromatic carbocycles. The van der Waals surface area contributed by atoms with Gasteiger partial charge in [0.05, 0.1) is 5.56 Å². The predicted octanol–water partition coefficient (Wildman–Crippen LogP) is 2.73. The molecule has 3 heterocycles. The number of rotatable bonds is 7. The summed E-state index contributed by atoms with van der Waals surface area (Å²) in [5.41, 5.74) is 1.89. The molecule has 2 fully saturated rings. The van der Waals surface area contributed by atoms with Gasteiger partial charge in [0, 0.05) is 76.0 Å². The molecule has 0 bridgehead atoms. The van der Waals surface area contributed by atoms with Crippen molar-refractivity contribution in [2.24, 2.45) is 0 Å². The maximum atomic E-state index is 12.3. The number of benzene rings is 1. The van der Waals surface area contributed by atoms with Gasteiger partial charge in [-0.1, -0.05) is 42.5 Å². The second-order valence-electron chi connectivity index (χ2n) is 8.15. The number of thioether (sulfide) groups is 1. The summed E-state index contributed by atoms with van der Waals surface area (Å²) in [6.07, 6.45) is 5.79. The van der Waals surface area contributed by atoms with Gasteiger partial charge in [0.25, 0.3) is 0 Å². The maximum Gasteiger partial charge on any atom is 0.343 e. The summed E-state index contributed by atoms with van der Waals surface area (Å²) in [6, 6.07) is 10.3. The van der Waals surface area contributed by atoms with Gasteiger partial charge in [-0.2, -0.15) is 11.8 Å². The van der Waals surface area contributed by atoms with Crippen LogP contribution in [-0.4, -0.2) is 77.1 Å². The highest BCUT2D eigenvalue weighted by molar-refractivity contribution is 7.99. The highest BCUT2D eigenvalue weighted by atomic mass is 32.2. The summed E-state index contributed by atoms with van der Waals surface area (Å²) in [4.78, 5) is 19.2. The summed E-state index contributed by atoms with van der Waals surface area (Å²) in [7, 11) is 0. The average Bonchev–Trinajstić information content (AvgIpc) is 2.81. The molecular formula is C24H31N3O3S. The van der Waals surface area contributed by atoms with Crippen molar-refractivity contribution >= 4 is 17.8 Å². The second kappa shape index (κ2) is 11.0. The van der Waals surface area contributed by atoms with Gasteiger partial charge >= 0.3 is 5.63 Å². The van der Waals surface area contributed by atoms with Crippen molar-refractivity contribution in [3.63, 3.8) is 0 Å². The topological polar surface area (TPSA) is 60.2 Å². The predicted molar refractivity (Wildman–Crippen MR) is 126 cm³/mol. The molecule has 2 aliphatic rings. The van der Waals surface area contributed by atoms with Gasteiger partial charge in [-0.05, 0) is 5.56 Å². The Balaban J connectivity index is 1.30. The van der Waals surface area contributed by atoms with Crippen LogP contribution in [0.4, 0.5) is 0 Å². The standard InChI is InChI=1S/C24H31N3O3S/c28-23-21(17-27-13-15-31-16-14-27)19-30-24(29)22(23)18-26-11-9-25(10-12-26)8-4-7-20-5-2-1-3-6-20/h1-7,19,28H,8-18H2/b7-4+. The molecule has 166 valence electrons. The van der Waals surface area contributed by atoms with Crippen molar-refractivity contribution in [1.29, 1.82) is 0 Å². The van der Waals surface area contributed by atoms with E-state index in [-0.39, 0.29) is 5.75 Å². The molecule has 2 saturated heterocycles. The smallest absolute Gasteiger partial charge is 0.343 e. The summed E-state index contributed by atoms with van der Waals surface area (Å²) in [5.74, 6) is 2.33. The zero-order chi connectivity index (χ0) is 21.5. The molecule has 2 aromatic rings. The van der Waals surface area contributed by atoms with Crippen LogP contribution >= 0.6 is 11.8 Å². The van der Waals surface area contributed by atoms with Crippen LogP contribution in [0.1, 0.15) is 16.7 Å². The first kappa shape index (κ1) is 22.1. The Kier molecular flexibility index (Phi) is 7.86. The second-order valence-corrected chi connectivity index (χ2v) is 9.38. The lowest BCUT2D eigenvalue weighted by molar-refractivity contribution is 0.134. The number of aromatic hydroxyl groups is 1. The highest BCUT2D eigenvalue weighted by Crippen LogP contribution is 2.24. The molecule has 0 amide bonds. The fourth-order valence-electron chi connectivity index (χ4n) is 4.05. The molecule has 31 heavy (non-hydrogen) atoms. The third-order valence-electron chi connectivity index (χ3n) is 5.96. The lowest BCUT2D eigenvalue weighted by Crippen LogP contribution is -2.46. The van der Waals surface area contributed by atoms with Crippen molar-refractivity contribution in [1.82, 2.24) is 14.7 Å². The molecule has 4 rings (SSSR count). The first-order valence-corrected chi connectivity index (χ1v) is 12.1. The van der Waals surface area contributed by atoms with E-state index in [1.165, 1.54) is 11.8 Å². The van der Waals surface area contributed by atoms with Gasteiger partial charge in [0.15, 0.2) is 0 Å². The van der Waals surface area contributed by atoms with Gasteiger partial charge in [-0.25, -0.2) is 4.79 Å². The van der Waals surface area contributed by atoms with Crippen LogP contribution in [0.25, 0.3) is 6.08 Å². The Morgan fingerprint density at radius 2 is 1.61 bits per heavy atom. The minimum absolute atomic E-state index is 0.114. The van der Waals surface area contributed by atoms with Crippen LogP contribution in [0.15, 0.2) is 51.9 Å². The maximum absolute atomic E-state index is 12.3. The Labute approximate surface area is 188 Å². The van der Waals surface area contributed by atoms with E-state index in [1.807, 2.05) is 30.0 Å². The zero-order valence-corrected chi connectivity index (χ0v) is 18.7. The van der Waals surface area contributed by atoms with E-state index >= 15 is 0 Å². The van der Waals surface area contributed by atoms with Crippen molar-refractivity contribution in [2.75, 3.05) is 57.3 Å². The van der Waals surface area contributed by atoms with E-state index in [2.05, 4.69) is 39.0 Å². The molecule has 0 saturated carbocycles. The van der Waals surface area contributed by atoms with Crippen LogP contribution in [0.3, 0.4) is 0 Å². The van der Waals surface area contributed by atoms with Crippen molar-refractivity contribution in [2.45, 2.75) is 13.1 Å². The quantitative estimate of drug-likeness (QED) is 0.709. The molecule has 7 heteroatoms. The Morgan fingerprint density at radius 3 is 2.35 bits per heavy atom. The monoisotopic (exact) mass is 441 g/mol. The van der Waals surface area contributed by atoms with Gasteiger partial charge in [0.1, 0.15) is 12.0 Å². The summed E-state index contributed by atoms with van der Waals surface area (Å²) in [6.45, 7) is 7.60. The van der Waals surface area contributed by atoms with Crippen LogP contribution in [0.2, 0.25) is 0 Å². The lowest BCUT2D eigenvalue weighted by Gasteiger charge is -2.34. The van der Waals surface area contributed by atoms with Gasteiger partial charge in [0.2, 0.25) is 0 Å². The van der Waals surface area contributed by atoms with Crippen LogP contribution in [0, 0.1) is 0 Å². The van der Waals surface area contributed by atoms with E-state index in [9.17, 15) is 9.90 Å². The third-order valence-corrected chi connectivity index (χ3v) is 6.90. The molecular weight excluding hydrogens is 410 g/mol. The Bertz CT molecular complexity index is 917. The Morgan fingerprint density at radius 1 is 0.935 bits per heavy atom. The molecule has 1 aromatic heterocycles. The largest absolute Gasteiger partial charge is 0.507 e. The van der Waals surface area contributed by atoms with Crippen LogP contribution in [-0.2, 0) is 13.1 Å². The molecule has 6 nitrogen and oxygen atoms in total. The fraction of sp³-hybridized carbons (Fsp3) is 0.458. The molecule has 0 spiro atoms. The van der Waals surface area contributed by atoms with Crippen LogP contribution in [0.5, 0.6) is 5.75 Å². The first-order valence-electron chi connectivity index (χ1n) is 11.0. The van der Waals surface area contributed by atoms with E-state index in [4.69, 9.17) is 4.42 Å². The molecule has 1 N–H and O–H groups in total. The van der Waals surface area contributed by atoms with E-state index in [0.717, 1.165) is 57.3 Å². The average molecular weight is 442 g/mol. The number of hydrogen-bond acceptors (Lipinski definition) is 7. The molecule has 0 unspecified atom stereocenters. The van der Waals surface area contributed by atoms with Crippen molar-refractivity contribution < 1.29 is 9.52 Å². The summed E-state index contributed by atoms with van der Waals surface area (Å²) < 4.78 is 5.28. The van der Waals surface area contributed by atoms with Crippen molar-refractivity contribution in [3.8, 4) is 5.75 Å². The number of nitrogens with zero attached hydrogens (tertiary/aromatic N) is 3. The summed E-state index contributed by atoms with van der Waals surface area (Å²) >= 11 is 1.95. The lowest BCUT2D eigenvalue weighted by atomic mass is 10.1. The molecule has 0 atom stereocenters. The molecule has 0 radical (unpaired) electrons. The van der Waals surface area contributed by atoms with Crippen molar-refractivity contribution in [3.05, 3.63) is 69.8 Å². The molecule has 0 aliphatic carbocycles. The SMILES string of the molecule is O=c1occ(CN2CCSCC2)c(O)c1CN1CCN(C/C=C/c2ccccc2)CC1. The number of hydrogen-bond donors (Lipinski definition) is 1. The van der Waals surface area contributed by atoms with Gasteiger partial charge in [-0.15, -0.1) is 0 Å². The van der Waals surface area contributed by atoms with Gasteiger partial charge < -0.3 is 9.52 Å². The van der Waals surface area contributed by atoms with Gasteiger partial charge in [-0.3, -0.25) is 14.7 Å². The normalized spacial score (nSPS) is 19.2. The Hall–Kier alpha value is -2.06. The minimum atomic E-state index is -0.427. The van der Waals surface area contributed by atoms with Crippen LogP contribution < -0.4 is 5.63 Å². The van der Waals surface area contributed by atoms with E-state index in [1.54, 1.807) is 0 Å². The van der Waals surface area contributed by atoms with E-state index < -0.39 is 5.63 Å². The fourth-order valence-corrected chi connectivity index (χ4v) is 5.03. The highest BCUT2D eigenvalue weighted by Gasteiger charge is 2.22. The summed E-state index contributed by atoms with van der Waals surface area (Å²) in [5, 5.41) is 10.8. The minimum Gasteiger partial charge on any atom is -0.507 e. The zero-order valence-electron chi connectivity index (χ0n) is 17.9. The number of piperazine rings is 1. The van der Waals surface area contributed by atoms with E-state index in [0.29, 0.717) is 24.2 Å². The molecule has 2 aliphatic heterocycles.